The highest BCUT2D eigenvalue weighted by Crippen LogP contribution is 2.20. The smallest absolute Gasteiger partial charge is 0.257 e. The van der Waals surface area contributed by atoms with Crippen molar-refractivity contribution in [1.82, 2.24) is 15.6 Å². The summed E-state index contributed by atoms with van der Waals surface area (Å²) in [6.07, 6.45) is 0.119. The summed E-state index contributed by atoms with van der Waals surface area (Å²) in [5, 5.41) is 5.30. The zero-order chi connectivity index (χ0) is 15.6. The average molecular weight is 321 g/mol. The Kier molecular flexibility index (Phi) is 3.02. The van der Waals surface area contributed by atoms with Crippen LogP contribution in [0.3, 0.4) is 0 Å². The number of pyridine rings is 1. The maximum Gasteiger partial charge on any atom is 0.257 e. The van der Waals surface area contributed by atoms with Crippen molar-refractivity contribution in [1.29, 1.82) is 0 Å². The van der Waals surface area contributed by atoms with E-state index >= 15 is 0 Å². The number of amides is 1. The Morgan fingerprint density at radius 2 is 2.61 bits per heavy atom. The summed E-state index contributed by atoms with van der Waals surface area (Å²) in [4.78, 5) is 16.0. The topological polar surface area (TPSA) is 63.2 Å². The van der Waals surface area contributed by atoms with Crippen molar-refractivity contribution < 1.29 is 18.0 Å². The van der Waals surface area contributed by atoms with Gasteiger partial charge in [-0.3, -0.25) is 4.79 Å². The number of nitrogens with zero attached hydrogens (tertiary/aromatic N) is 1. The van der Waals surface area contributed by atoms with Crippen LogP contribution in [0.25, 0.3) is 0 Å². The first-order chi connectivity index (χ1) is 9.76. The summed E-state index contributed by atoms with van der Waals surface area (Å²) in [5.74, 6) is -0.962. The number of nitrogens with one attached hydrogen (secondary N) is 2. The second-order valence-electron chi connectivity index (χ2n) is 3.86. The normalized spacial score (nSPS) is 26.0. The molecule has 1 aromatic rings. The predicted molar refractivity (Wildman–Crippen MR) is 67.5 cm³/mol. The third-order valence-corrected chi connectivity index (χ3v) is 3.05. The van der Waals surface area contributed by atoms with Crippen LogP contribution in [0.4, 0.5) is 4.39 Å². The van der Waals surface area contributed by atoms with Gasteiger partial charge < -0.3 is 15.4 Å². The fourth-order valence-electron chi connectivity index (χ4n) is 1.71. The van der Waals surface area contributed by atoms with Gasteiger partial charge in [0.1, 0.15) is 11.7 Å². The van der Waals surface area contributed by atoms with Crippen LogP contribution >= 0.6 is 15.9 Å². The lowest BCUT2D eigenvalue weighted by molar-refractivity contribution is 0.0920. The van der Waals surface area contributed by atoms with Gasteiger partial charge in [0.25, 0.3) is 5.91 Å². The first-order valence-corrected chi connectivity index (χ1v) is 6.06. The average Bonchev–Trinajstić information content (AvgIpc) is 2.75. The molecule has 1 aliphatic rings. The van der Waals surface area contributed by atoms with Crippen molar-refractivity contribution in [3.63, 3.8) is 0 Å². The number of rotatable bonds is 3. The quantitative estimate of drug-likeness (QED) is 0.868. The molecule has 2 N–H and O–H groups in total. The number of hydrogen-bond donors (Lipinski definition) is 2. The van der Waals surface area contributed by atoms with Gasteiger partial charge >= 0.3 is 0 Å². The molecule has 1 aromatic heterocycles. The molecule has 18 heavy (non-hydrogen) atoms. The third kappa shape index (κ3) is 2.78. The van der Waals surface area contributed by atoms with Crippen molar-refractivity contribution in [2.75, 3.05) is 20.1 Å². The van der Waals surface area contributed by atoms with E-state index in [4.69, 9.17) is 8.85 Å². The van der Waals surface area contributed by atoms with Crippen LogP contribution in [0.15, 0.2) is 16.7 Å². The van der Waals surface area contributed by atoms with Crippen LogP contribution in [0.2, 0.25) is 0 Å². The van der Waals surface area contributed by atoms with Crippen LogP contribution in [0.1, 0.15) is 14.5 Å². The van der Waals surface area contributed by atoms with Gasteiger partial charge in [-0.25, -0.2) is 9.37 Å². The molecule has 1 amide bonds. The molecular weight excluding hydrogens is 305 g/mol. The van der Waals surface area contributed by atoms with Gasteiger partial charge in [-0.2, -0.15) is 0 Å². The predicted octanol–water partition coefficient (Wildman–Crippen LogP) is 0.892. The summed E-state index contributed by atoms with van der Waals surface area (Å²) in [6, 6.07) is 0.705. The van der Waals surface area contributed by atoms with Gasteiger partial charge in [-0.05, 0) is 22.0 Å². The zero-order valence-corrected chi connectivity index (χ0v) is 10.8. The molecule has 0 unspecified atom stereocenters. The number of halogens is 2. The van der Waals surface area contributed by atoms with Crippen molar-refractivity contribution in [3.05, 3.63) is 22.3 Å². The molecule has 0 spiro atoms. The second-order valence-corrected chi connectivity index (χ2v) is 4.78. The SMILES string of the molecule is [2H]C([2H])([2H])Oc1ncc(Br)cc1C(=O)N[C@@H]1CNC[C@@H]1F. The van der Waals surface area contributed by atoms with Crippen molar-refractivity contribution in [2.24, 2.45) is 0 Å². The molecule has 1 aliphatic heterocycles. The van der Waals surface area contributed by atoms with Crippen molar-refractivity contribution in [3.8, 4) is 5.88 Å². The largest absolute Gasteiger partial charge is 0.480 e. The van der Waals surface area contributed by atoms with E-state index in [2.05, 4.69) is 31.5 Å². The molecule has 2 atom stereocenters. The van der Waals surface area contributed by atoms with E-state index in [9.17, 15) is 9.18 Å². The van der Waals surface area contributed by atoms with Crippen LogP contribution in [0.5, 0.6) is 5.88 Å². The summed E-state index contributed by atoms with van der Waals surface area (Å²) in [5.41, 5.74) is -0.0698. The Bertz CT molecular complexity index is 544. The molecule has 2 rings (SSSR count). The molecule has 7 heteroatoms. The van der Waals surface area contributed by atoms with Crippen LogP contribution in [-0.4, -0.2) is 43.2 Å². The molecule has 2 heterocycles. The molecule has 0 aromatic carbocycles. The number of carbonyl (C=O) groups excluding carboxylic acids is 1. The lowest BCUT2D eigenvalue weighted by atomic mass is 10.2. The van der Waals surface area contributed by atoms with Crippen LogP contribution in [-0.2, 0) is 0 Å². The molecule has 0 bridgehead atoms. The number of carbonyl (C=O) groups is 1. The minimum absolute atomic E-state index is 0.0698. The zero-order valence-electron chi connectivity index (χ0n) is 12.2. The summed E-state index contributed by atoms with van der Waals surface area (Å²) < 4.78 is 39.9. The molecule has 5 nitrogen and oxygen atoms in total. The van der Waals surface area contributed by atoms with Gasteiger partial charge in [0.15, 0.2) is 0 Å². The molecule has 1 saturated heterocycles. The minimum atomic E-state index is -2.73. The van der Waals surface area contributed by atoms with Gasteiger partial charge in [-0.15, -0.1) is 0 Å². The Morgan fingerprint density at radius 3 is 3.28 bits per heavy atom. The van der Waals surface area contributed by atoms with E-state index in [1.807, 2.05) is 0 Å². The van der Waals surface area contributed by atoms with Crippen LogP contribution < -0.4 is 15.4 Å². The maximum atomic E-state index is 13.5. The lowest BCUT2D eigenvalue weighted by Crippen LogP contribution is -2.41. The van der Waals surface area contributed by atoms with Gasteiger partial charge in [0.2, 0.25) is 5.88 Å². The van der Waals surface area contributed by atoms with Crippen molar-refractivity contribution >= 4 is 21.8 Å². The Hall–Kier alpha value is -1.21. The summed E-state index contributed by atoms with van der Waals surface area (Å²) >= 11 is 3.14. The molecule has 1 fully saturated rings. The summed E-state index contributed by atoms with van der Waals surface area (Å²) in [7, 11) is -2.73. The fourth-order valence-corrected chi connectivity index (χ4v) is 2.04. The molecular formula is C11H13BrFN3O2. The highest BCUT2D eigenvalue weighted by molar-refractivity contribution is 9.10. The first kappa shape index (κ1) is 9.69. The van der Waals surface area contributed by atoms with Gasteiger partial charge in [0.05, 0.1) is 17.2 Å². The van der Waals surface area contributed by atoms with E-state index in [0.717, 1.165) is 0 Å². The van der Waals surface area contributed by atoms with Gasteiger partial charge in [-0.1, -0.05) is 0 Å². The van der Waals surface area contributed by atoms with E-state index in [1.54, 1.807) is 0 Å². The summed E-state index contributed by atoms with van der Waals surface area (Å²) in [6.45, 7) is 0.476. The fraction of sp³-hybridized carbons (Fsp3) is 0.455. The number of ether oxygens (including phenoxy) is 1. The molecule has 0 radical (unpaired) electrons. The van der Waals surface area contributed by atoms with Gasteiger partial charge in [0, 0.05) is 23.8 Å². The third-order valence-electron chi connectivity index (χ3n) is 2.62. The van der Waals surface area contributed by atoms with Crippen LogP contribution in [0, 0.1) is 0 Å². The highest BCUT2D eigenvalue weighted by Gasteiger charge is 2.29. The van der Waals surface area contributed by atoms with E-state index in [1.165, 1.54) is 12.3 Å². The number of aromatic nitrogens is 1. The van der Waals surface area contributed by atoms with E-state index in [-0.39, 0.29) is 18.0 Å². The number of hydrogen-bond acceptors (Lipinski definition) is 4. The van der Waals surface area contributed by atoms with Crippen molar-refractivity contribution in [2.45, 2.75) is 12.2 Å². The van der Waals surface area contributed by atoms with E-state index < -0.39 is 25.2 Å². The molecule has 0 aliphatic carbocycles. The number of alkyl halides is 1. The molecule has 0 saturated carbocycles. The molecule has 98 valence electrons. The Labute approximate surface area is 116 Å². The Balaban J connectivity index is 2.20. The maximum absolute atomic E-state index is 13.5. The van der Waals surface area contributed by atoms with E-state index in [0.29, 0.717) is 11.0 Å². The number of methoxy groups -OCH3 is 1. The standard InChI is InChI=1S/C11H13BrFN3O2/c1-18-11-7(2-6(12)3-15-11)10(17)16-9-5-14-4-8(9)13/h2-3,8-9,14H,4-5H2,1H3,(H,16,17)/t8-,9+/m0/s1/i1D3. The first-order valence-electron chi connectivity index (χ1n) is 6.76. The Morgan fingerprint density at radius 1 is 1.78 bits per heavy atom. The minimum Gasteiger partial charge on any atom is -0.480 e. The lowest BCUT2D eigenvalue weighted by Gasteiger charge is -2.15. The highest BCUT2D eigenvalue weighted by atomic mass is 79.9. The second kappa shape index (κ2) is 5.62. The monoisotopic (exact) mass is 320 g/mol.